The minimum absolute atomic E-state index is 0.107. The number of amides is 1. The largest absolute Gasteiger partial charge is 0.357 e. The van der Waals surface area contributed by atoms with Crippen LogP contribution in [-0.4, -0.2) is 47.9 Å². The van der Waals surface area contributed by atoms with Gasteiger partial charge in [-0.1, -0.05) is 0 Å². The predicted octanol–water partition coefficient (Wildman–Crippen LogP) is 1.44. The highest BCUT2D eigenvalue weighted by atomic mass is 32.1. The van der Waals surface area contributed by atoms with Crippen LogP contribution in [0.25, 0.3) is 0 Å². The van der Waals surface area contributed by atoms with Crippen LogP contribution in [0.5, 0.6) is 0 Å². The molecule has 1 amide bonds. The van der Waals surface area contributed by atoms with Crippen molar-refractivity contribution in [2.45, 2.75) is 40.2 Å². The Morgan fingerprint density at radius 2 is 2.05 bits per heavy atom. The van der Waals surface area contributed by atoms with Crippen molar-refractivity contribution >= 4 is 23.2 Å². The van der Waals surface area contributed by atoms with Crippen LogP contribution in [0.3, 0.4) is 0 Å². The highest BCUT2D eigenvalue weighted by Crippen LogP contribution is 2.15. The molecular weight excluding hydrogens is 298 g/mol. The zero-order valence-electron chi connectivity index (χ0n) is 13.6. The van der Waals surface area contributed by atoms with E-state index in [4.69, 9.17) is 0 Å². The van der Waals surface area contributed by atoms with Gasteiger partial charge in [-0.2, -0.15) is 0 Å². The fraction of sp³-hybridized carbons (Fsp3) is 0.667. The molecule has 0 spiro atoms. The molecule has 1 aliphatic rings. The van der Waals surface area contributed by atoms with Gasteiger partial charge in [-0.25, -0.2) is 9.98 Å². The van der Waals surface area contributed by atoms with Gasteiger partial charge in [0, 0.05) is 24.5 Å². The van der Waals surface area contributed by atoms with Gasteiger partial charge in [0.15, 0.2) is 5.96 Å². The number of carbonyl (C=O) groups is 1. The standard InChI is InChI=1S/C15H25N5OS/c1-4-16-15(17-9-13-19-11(2)12(3)22-13)18-10-14(21)20-7-5-6-8-20/h4-10H2,1-3H3,(H2,16,17,18). The van der Waals surface area contributed by atoms with E-state index in [2.05, 4.69) is 27.5 Å². The maximum absolute atomic E-state index is 12.0. The third kappa shape index (κ3) is 4.69. The lowest BCUT2D eigenvalue weighted by atomic mass is 10.4. The smallest absolute Gasteiger partial charge is 0.244 e. The van der Waals surface area contributed by atoms with Crippen LogP contribution in [0.15, 0.2) is 4.99 Å². The third-order valence-corrected chi connectivity index (χ3v) is 4.73. The Bertz CT molecular complexity index is 515. The lowest BCUT2D eigenvalue weighted by Gasteiger charge is -2.14. The number of rotatable bonds is 5. The third-order valence-electron chi connectivity index (χ3n) is 3.66. The number of hydrogen-bond acceptors (Lipinski definition) is 4. The first kappa shape index (κ1) is 16.7. The molecule has 0 aliphatic carbocycles. The van der Waals surface area contributed by atoms with E-state index in [1.54, 1.807) is 11.3 Å². The van der Waals surface area contributed by atoms with Gasteiger partial charge in [0.25, 0.3) is 0 Å². The molecule has 0 unspecified atom stereocenters. The Morgan fingerprint density at radius 3 is 2.64 bits per heavy atom. The van der Waals surface area contributed by atoms with Gasteiger partial charge < -0.3 is 15.5 Å². The summed E-state index contributed by atoms with van der Waals surface area (Å²) in [5.41, 5.74) is 1.08. The van der Waals surface area contributed by atoms with Gasteiger partial charge >= 0.3 is 0 Å². The molecular formula is C15H25N5OS. The minimum Gasteiger partial charge on any atom is -0.357 e. The average Bonchev–Trinajstić information content (AvgIpc) is 3.12. The summed E-state index contributed by atoms with van der Waals surface area (Å²) in [6.45, 7) is 9.44. The fourth-order valence-corrected chi connectivity index (χ4v) is 3.20. The van der Waals surface area contributed by atoms with Crippen molar-refractivity contribution in [1.82, 2.24) is 20.5 Å². The van der Waals surface area contributed by atoms with Gasteiger partial charge in [0.2, 0.25) is 5.91 Å². The first-order valence-corrected chi connectivity index (χ1v) is 8.64. The number of aromatic nitrogens is 1. The number of carbonyl (C=O) groups excluding carboxylic acids is 1. The van der Waals surface area contributed by atoms with E-state index in [1.165, 1.54) is 4.88 Å². The number of aryl methyl sites for hydroxylation is 2. The molecule has 1 aliphatic heterocycles. The van der Waals surface area contributed by atoms with E-state index in [-0.39, 0.29) is 12.5 Å². The molecule has 122 valence electrons. The molecule has 22 heavy (non-hydrogen) atoms. The normalized spacial score (nSPS) is 15.2. The van der Waals surface area contributed by atoms with Gasteiger partial charge in [0.05, 0.1) is 12.2 Å². The Hall–Kier alpha value is -1.63. The molecule has 1 fully saturated rings. The van der Waals surface area contributed by atoms with Gasteiger partial charge in [0.1, 0.15) is 11.6 Å². The summed E-state index contributed by atoms with van der Waals surface area (Å²) < 4.78 is 0. The molecule has 7 heteroatoms. The van der Waals surface area contributed by atoms with Crippen LogP contribution < -0.4 is 10.6 Å². The minimum atomic E-state index is 0.107. The fourth-order valence-electron chi connectivity index (χ4n) is 2.33. The first-order valence-electron chi connectivity index (χ1n) is 7.83. The summed E-state index contributed by atoms with van der Waals surface area (Å²) >= 11 is 1.69. The molecule has 0 atom stereocenters. The first-order chi connectivity index (χ1) is 10.6. The number of nitrogens with zero attached hydrogens (tertiary/aromatic N) is 3. The number of guanidine groups is 1. The van der Waals surface area contributed by atoms with E-state index in [9.17, 15) is 4.79 Å². The molecule has 0 radical (unpaired) electrons. The molecule has 1 aromatic heterocycles. The van der Waals surface area contributed by atoms with Crippen LogP contribution in [-0.2, 0) is 11.3 Å². The Morgan fingerprint density at radius 1 is 1.32 bits per heavy atom. The molecule has 0 bridgehead atoms. The summed E-state index contributed by atoms with van der Waals surface area (Å²) in [6, 6.07) is 0. The number of thiazole rings is 1. The summed E-state index contributed by atoms with van der Waals surface area (Å²) in [4.78, 5) is 24.0. The van der Waals surface area contributed by atoms with Crippen molar-refractivity contribution in [2.75, 3.05) is 26.2 Å². The van der Waals surface area contributed by atoms with Crippen LogP contribution in [0.2, 0.25) is 0 Å². The van der Waals surface area contributed by atoms with Gasteiger partial charge in [-0.15, -0.1) is 11.3 Å². The maximum atomic E-state index is 12.0. The van der Waals surface area contributed by atoms with Crippen molar-refractivity contribution in [3.63, 3.8) is 0 Å². The van der Waals surface area contributed by atoms with Crippen LogP contribution in [0, 0.1) is 13.8 Å². The lowest BCUT2D eigenvalue weighted by Crippen LogP contribution is -2.38. The van der Waals surface area contributed by atoms with Crippen molar-refractivity contribution in [3.05, 3.63) is 15.6 Å². The van der Waals surface area contributed by atoms with E-state index < -0.39 is 0 Å². The van der Waals surface area contributed by atoms with E-state index in [1.807, 2.05) is 18.7 Å². The SMILES string of the molecule is CCNC(=NCC(=O)N1CCCC1)NCc1nc(C)c(C)s1. The number of hydrogen-bond donors (Lipinski definition) is 2. The molecule has 0 aromatic carbocycles. The summed E-state index contributed by atoms with van der Waals surface area (Å²) in [7, 11) is 0. The van der Waals surface area contributed by atoms with Crippen LogP contribution in [0.4, 0.5) is 0 Å². The average molecular weight is 323 g/mol. The molecule has 1 saturated heterocycles. The highest BCUT2D eigenvalue weighted by Gasteiger charge is 2.17. The quantitative estimate of drug-likeness (QED) is 0.635. The Labute approximate surface area is 136 Å². The van der Waals surface area contributed by atoms with Gasteiger partial charge in [-0.3, -0.25) is 4.79 Å². The van der Waals surface area contributed by atoms with E-state index in [0.29, 0.717) is 12.5 Å². The van der Waals surface area contributed by atoms with E-state index in [0.717, 1.165) is 43.2 Å². The predicted molar refractivity (Wildman–Crippen MR) is 90.2 cm³/mol. The van der Waals surface area contributed by atoms with Crippen LogP contribution >= 0.6 is 11.3 Å². The molecule has 2 N–H and O–H groups in total. The molecule has 1 aromatic rings. The highest BCUT2D eigenvalue weighted by molar-refractivity contribution is 7.11. The van der Waals surface area contributed by atoms with E-state index >= 15 is 0 Å². The Balaban J connectivity index is 1.87. The second-order valence-corrected chi connectivity index (χ2v) is 6.67. The zero-order valence-corrected chi connectivity index (χ0v) is 14.4. The molecule has 2 rings (SSSR count). The monoisotopic (exact) mass is 323 g/mol. The summed E-state index contributed by atoms with van der Waals surface area (Å²) in [6.07, 6.45) is 2.22. The van der Waals surface area contributed by atoms with Crippen molar-refractivity contribution in [2.24, 2.45) is 4.99 Å². The Kier molecular flexibility index (Phi) is 6.18. The zero-order chi connectivity index (χ0) is 15.9. The number of likely N-dealkylation sites (tertiary alicyclic amines) is 1. The second-order valence-electron chi connectivity index (χ2n) is 5.39. The molecule has 6 nitrogen and oxygen atoms in total. The van der Waals surface area contributed by atoms with Crippen molar-refractivity contribution < 1.29 is 4.79 Å². The molecule has 2 heterocycles. The van der Waals surface area contributed by atoms with Gasteiger partial charge in [-0.05, 0) is 33.6 Å². The van der Waals surface area contributed by atoms with Crippen LogP contribution in [0.1, 0.15) is 35.3 Å². The number of nitrogens with one attached hydrogen (secondary N) is 2. The lowest BCUT2D eigenvalue weighted by molar-refractivity contribution is -0.128. The number of aliphatic imine (C=N–C) groups is 1. The summed E-state index contributed by atoms with van der Waals surface area (Å²) in [5.74, 6) is 0.774. The summed E-state index contributed by atoms with van der Waals surface area (Å²) in [5, 5.41) is 7.44. The maximum Gasteiger partial charge on any atom is 0.244 e. The van der Waals surface area contributed by atoms with Crippen molar-refractivity contribution in [1.29, 1.82) is 0 Å². The van der Waals surface area contributed by atoms with Crippen molar-refractivity contribution in [3.8, 4) is 0 Å². The second kappa shape index (κ2) is 8.12. The topological polar surface area (TPSA) is 69.6 Å². The molecule has 0 saturated carbocycles.